The molecule has 6 heteroatoms. The highest BCUT2D eigenvalue weighted by Crippen LogP contribution is 2.25. The van der Waals surface area contributed by atoms with E-state index in [1.807, 2.05) is 10.7 Å². The lowest BCUT2D eigenvalue weighted by molar-refractivity contribution is 0.468. The zero-order chi connectivity index (χ0) is 13.8. The molecule has 0 unspecified atom stereocenters. The van der Waals surface area contributed by atoms with Gasteiger partial charge in [-0.2, -0.15) is 5.10 Å². The van der Waals surface area contributed by atoms with Gasteiger partial charge in [-0.1, -0.05) is 37.0 Å². The zero-order valence-corrected chi connectivity index (χ0v) is 12.4. The van der Waals surface area contributed by atoms with Crippen LogP contribution in [-0.4, -0.2) is 14.8 Å². The van der Waals surface area contributed by atoms with E-state index in [1.54, 1.807) is 18.5 Å². The highest BCUT2D eigenvalue weighted by molar-refractivity contribution is 6.42. The molecule has 2 aromatic rings. The molecule has 0 radical (unpaired) electrons. The Hall–Kier alpha value is -1.26. The number of aromatic nitrogens is 3. The highest BCUT2D eigenvalue weighted by atomic mass is 35.5. The monoisotopic (exact) mass is 298 g/mol. The Kier molecular flexibility index (Phi) is 4.66. The number of hydrogen-bond acceptors (Lipinski definition) is 3. The summed E-state index contributed by atoms with van der Waals surface area (Å²) < 4.78 is 1.91. The van der Waals surface area contributed by atoms with Gasteiger partial charge in [0, 0.05) is 12.2 Å². The van der Waals surface area contributed by atoms with Crippen LogP contribution in [0.2, 0.25) is 10.0 Å². The number of benzene rings is 1. The van der Waals surface area contributed by atoms with Crippen molar-refractivity contribution < 1.29 is 0 Å². The molecule has 0 saturated heterocycles. The summed E-state index contributed by atoms with van der Waals surface area (Å²) in [4.78, 5) is 4.25. The van der Waals surface area contributed by atoms with Crippen molar-refractivity contribution in [1.29, 1.82) is 0 Å². The Bertz CT molecular complexity index is 551. The van der Waals surface area contributed by atoms with Crippen LogP contribution < -0.4 is 5.32 Å². The molecule has 19 heavy (non-hydrogen) atoms. The Balaban J connectivity index is 2.02. The van der Waals surface area contributed by atoms with Gasteiger partial charge in [-0.25, -0.2) is 9.67 Å². The lowest BCUT2D eigenvalue weighted by Gasteiger charge is -2.10. The smallest absolute Gasteiger partial charge is 0.146 e. The highest BCUT2D eigenvalue weighted by Gasteiger charge is 2.06. The van der Waals surface area contributed by atoms with E-state index >= 15 is 0 Å². The van der Waals surface area contributed by atoms with Crippen LogP contribution in [0.25, 0.3) is 0 Å². The van der Waals surface area contributed by atoms with Gasteiger partial charge in [-0.15, -0.1) is 0 Å². The second-order valence-electron chi connectivity index (χ2n) is 4.73. The predicted molar refractivity (Wildman–Crippen MR) is 78.6 cm³/mol. The summed E-state index contributed by atoms with van der Waals surface area (Å²) >= 11 is 11.8. The molecular formula is C13H16Cl2N4. The van der Waals surface area contributed by atoms with E-state index in [9.17, 15) is 0 Å². The number of halogens is 2. The molecule has 1 N–H and O–H groups in total. The van der Waals surface area contributed by atoms with Crippen molar-refractivity contribution in [3.63, 3.8) is 0 Å². The van der Waals surface area contributed by atoms with Crippen molar-refractivity contribution in [2.75, 3.05) is 5.32 Å². The third-order valence-corrected chi connectivity index (χ3v) is 3.34. The lowest BCUT2D eigenvalue weighted by Crippen LogP contribution is -2.13. The molecule has 0 amide bonds. The normalized spacial score (nSPS) is 11.0. The maximum absolute atomic E-state index is 5.97. The summed E-state index contributed by atoms with van der Waals surface area (Å²) in [6.45, 7) is 5.76. The van der Waals surface area contributed by atoms with Gasteiger partial charge in [-0.05, 0) is 24.1 Å². The van der Waals surface area contributed by atoms with Gasteiger partial charge in [0.15, 0.2) is 0 Å². The Morgan fingerprint density at radius 3 is 2.74 bits per heavy atom. The molecule has 2 rings (SSSR count). The minimum Gasteiger partial charge on any atom is -0.378 e. The van der Waals surface area contributed by atoms with Gasteiger partial charge in [0.1, 0.15) is 12.2 Å². The Morgan fingerprint density at radius 2 is 2.05 bits per heavy atom. The van der Waals surface area contributed by atoms with Crippen LogP contribution in [0.1, 0.15) is 19.7 Å². The largest absolute Gasteiger partial charge is 0.378 e. The first-order chi connectivity index (χ1) is 9.06. The summed E-state index contributed by atoms with van der Waals surface area (Å²) in [5.74, 6) is 1.44. The van der Waals surface area contributed by atoms with E-state index < -0.39 is 0 Å². The van der Waals surface area contributed by atoms with Crippen LogP contribution in [0, 0.1) is 5.92 Å². The zero-order valence-electron chi connectivity index (χ0n) is 10.9. The first kappa shape index (κ1) is 14.2. The second kappa shape index (κ2) is 6.26. The fourth-order valence-electron chi connectivity index (χ4n) is 1.71. The summed E-state index contributed by atoms with van der Waals surface area (Å²) in [5, 5.41) is 8.57. The van der Waals surface area contributed by atoms with Crippen LogP contribution in [-0.2, 0) is 13.1 Å². The van der Waals surface area contributed by atoms with E-state index in [-0.39, 0.29) is 0 Å². The average Bonchev–Trinajstić information content (AvgIpc) is 2.77. The molecule has 0 aliphatic rings. The Labute approximate surface area is 122 Å². The van der Waals surface area contributed by atoms with Crippen molar-refractivity contribution in [1.82, 2.24) is 14.8 Å². The molecule has 0 bridgehead atoms. The molecule has 4 nitrogen and oxygen atoms in total. The average molecular weight is 299 g/mol. The van der Waals surface area contributed by atoms with E-state index in [2.05, 4.69) is 29.2 Å². The predicted octanol–water partition coefficient (Wildman–Crippen LogP) is 3.85. The SMILES string of the molecule is CC(C)Cn1ncnc1CNc1ccc(Cl)c(Cl)c1. The van der Waals surface area contributed by atoms with Gasteiger partial charge in [-0.3, -0.25) is 0 Å². The minimum atomic E-state index is 0.533. The molecule has 0 saturated carbocycles. The molecule has 0 atom stereocenters. The number of rotatable bonds is 5. The molecule has 0 aliphatic carbocycles. The standard InChI is InChI=1S/C13H16Cl2N4/c1-9(2)7-19-13(17-8-18-19)6-16-10-3-4-11(14)12(15)5-10/h3-5,8-9,16H,6-7H2,1-2H3. The molecular weight excluding hydrogens is 283 g/mol. The quantitative estimate of drug-likeness (QED) is 0.911. The van der Waals surface area contributed by atoms with Crippen LogP contribution in [0.4, 0.5) is 5.69 Å². The van der Waals surface area contributed by atoms with Crippen LogP contribution in [0.15, 0.2) is 24.5 Å². The van der Waals surface area contributed by atoms with Gasteiger partial charge in [0.25, 0.3) is 0 Å². The number of hydrogen-bond donors (Lipinski definition) is 1. The van der Waals surface area contributed by atoms with E-state index in [0.717, 1.165) is 18.1 Å². The summed E-state index contributed by atoms with van der Waals surface area (Å²) in [5.41, 5.74) is 0.911. The molecule has 1 aromatic carbocycles. The van der Waals surface area contributed by atoms with Crippen molar-refractivity contribution in [3.05, 3.63) is 40.4 Å². The van der Waals surface area contributed by atoms with E-state index in [1.165, 1.54) is 0 Å². The first-order valence-corrected chi connectivity index (χ1v) is 6.87. The molecule has 1 heterocycles. The second-order valence-corrected chi connectivity index (χ2v) is 5.55. The molecule has 0 spiro atoms. The topological polar surface area (TPSA) is 42.7 Å². The van der Waals surface area contributed by atoms with E-state index in [0.29, 0.717) is 22.5 Å². The van der Waals surface area contributed by atoms with Crippen molar-refractivity contribution in [2.24, 2.45) is 5.92 Å². The number of nitrogens with zero attached hydrogens (tertiary/aromatic N) is 3. The van der Waals surface area contributed by atoms with Gasteiger partial charge < -0.3 is 5.32 Å². The maximum atomic E-state index is 5.97. The van der Waals surface area contributed by atoms with E-state index in [4.69, 9.17) is 23.2 Å². The number of anilines is 1. The molecule has 0 fully saturated rings. The summed E-state index contributed by atoms with van der Waals surface area (Å²) in [7, 11) is 0. The number of nitrogens with one attached hydrogen (secondary N) is 1. The van der Waals surface area contributed by atoms with Gasteiger partial charge in [0.05, 0.1) is 16.6 Å². The van der Waals surface area contributed by atoms with Gasteiger partial charge >= 0.3 is 0 Å². The van der Waals surface area contributed by atoms with Crippen LogP contribution in [0.5, 0.6) is 0 Å². The van der Waals surface area contributed by atoms with Crippen molar-refractivity contribution in [2.45, 2.75) is 26.9 Å². The molecule has 0 aliphatic heterocycles. The fourth-order valence-corrected chi connectivity index (χ4v) is 2.01. The minimum absolute atomic E-state index is 0.533. The van der Waals surface area contributed by atoms with Crippen LogP contribution >= 0.6 is 23.2 Å². The third kappa shape index (κ3) is 3.85. The van der Waals surface area contributed by atoms with Crippen molar-refractivity contribution >= 4 is 28.9 Å². The third-order valence-electron chi connectivity index (χ3n) is 2.60. The van der Waals surface area contributed by atoms with Crippen LogP contribution in [0.3, 0.4) is 0 Å². The van der Waals surface area contributed by atoms with Crippen molar-refractivity contribution in [3.8, 4) is 0 Å². The maximum Gasteiger partial charge on any atom is 0.146 e. The molecule has 1 aromatic heterocycles. The first-order valence-electron chi connectivity index (χ1n) is 6.12. The Morgan fingerprint density at radius 1 is 1.26 bits per heavy atom. The van der Waals surface area contributed by atoms with Gasteiger partial charge in [0.2, 0.25) is 0 Å². The fraction of sp³-hybridized carbons (Fsp3) is 0.385. The lowest BCUT2D eigenvalue weighted by atomic mass is 10.2. The summed E-state index contributed by atoms with van der Waals surface area (Å²) in [6.07, 6.45) is 1.58. The molecule has 102 valence electrons. The summed E-state index contributed by atoms with van der Waals surface area (Å²) in [6, 6.07) is 5.45.